The zero-order chi connectivity index (χ0) is 14.1. The van der Waals surface area contributed by atoms with E-state index in [0.29, 0.717) is 17.1 Å². The van der Waals surface area contributed by atoms with Crippen LogP contribution in [0.5, 0.6) is 0 Å². The summed E-state index contributed by atoms with van der Waals surface area (Å²) in [5, 5.41) is 8.98. The van der Waals surface area contributed by atoms with Crippen LogP contribution in [-0.4, -0.2) is 9.38 Å². The number of nitrogens with zero attached hydrogens (tertiary/aromatic N) is 3. The van der Waals surface area contributed by atoms with E-state index in [-0.39, 0.29) is 12.1 Å². The topological polar surface area (TPSA) is 67.1 Å². The number of aromatic nitrogens is 2. The predicted octanol–water partition coefficient (Wildman–Crippen LogP) is 2.79. The fourth-order valence-electron chi connectivity index (χ4n) is 2.20. The molecule has 1 aromatic carbocycles. The Labute approximate surface area is 114 Å². The minimum atomic E-state index is -0.409. The third-order valence-corrected chi connectivity index (χ3v) is 3.13. The number of halogens is 1. The van der Waals surface area contributed by atoms with Crippen LogP contribution in [0.3, 0.4) is 0 Å². The lowest BCUT2D eigenvalue weighted by Gasteiger charge is -2.01. The van der Waals surface area contributed by atoms with Crippen molar-refractivity contribution in [3.63, 3.8) is 0 Å². The summed E-state index contributed by atoms with van der Waals surface area (Å²) >= 11 is 0. The van der Waals surface area contributed by atoms with Crippen molar-refractivity contribution in [3.05, 3.63) is 54.1 Å². The molecule has 5 heteroatoms. The number of nitriles is 1. The van der Waals surface area contributed by atoms with Crippen molar-refractivity contribution in [3.8, 4) is 17.3 Å². The average Bonchev–Trinajstić information content (AvgIpc) is 2.81. The van der Waals surface area contributed by atoms with E-state index in [1.807, 2.05) is 12.1 Å². The first kappa shape index (κ1) is 12.2. The van der Waals surface area contributed by atoms with Crippen molar-refractivity contribution < 1.29 is 4.39 Å². The first-order valence-corrected chi connectivity index (χ1v) is 6.09. The van der Waals surface area contributed by atoms with Gasteiger partial charge < -0.3 is 5.73 Å². The number of fused-ring (bicyclic) bond motifs is 1. The van der Waals surface area contributed by atoms with Crippen LogP contribution < -0.4 is 5.73 Å². The first-order chi connectivity index (χ1) is 9.70. The number of rotatable bonds is 2. The molecule has 4 nitrogen and oxygen atoms in total. The Hall–Kier alpha value is -2.87. The van der Waals surface area contributed by atoms with Crippen molar-refractivity contribution in [1.82, 2.24) is 9.38 Å². The Balaban J connectivity index is 2.29. The highest BCUT2D eigenvalue weighted by Gasteiger charge is 2.15. The minimum Gasteiger partial charge on any atom is -0.399 e. The number of nitrogen functional groups attached to an aromatic ring is 1. The van der Waals surface area contributed by atoms with Crippen LogP contribution in [-0.2, 0) is 6.42 Å². The van der Waals surface area contributed by atoms with E-state index in [9.17, 15) is 4.39 Å². The molecule has 0 saturated carbocycles. The van der Waals surface area contributed by atoms with Crippen LogP contribution in [0.1, 0.15) is 5.69 Å². The lowest BCUT2D eigenvalue weighted by Crippen LogP contribution is -1.94. The van der Waals surface area contributed by atoms with E-state index in [4.69, 9.17) is 11.0 Å². The second kappa shape index (κ2) is 4.67. The normalized spacial score (nSPS) is 10.6. The molecule has 0 bridgehead atoms. The molecule has 0 amide bonds. The summed E-state index contributed by atoms with van der Waals surface area (Å²) in [7, 11) is 0. The first-order valence-electron chi connectivity index (χ1n) is 6.09. The Morgan fingerprint density at radius 3 is 2.70 bits per heavy atom. The van der Waals surface area contributed by atoms with Crippen molar-refractivity contribution in [1.29, 1.82) is 5.26 Å². The van der Waals surface area contributed by atoms with Crippen molar-refractivity contribution in [2.45, 2.75) is 6.42 Å². The number of imidazole rings is 1. The second-order valence-electron chi connectivity index (χ2n) is 4.41. The second-order valence-corrected chi connectivity index (χ2v) is 4.41. The molecular formula is C15H11FN4. The lowest BCUT2D eigenvalue weighted by atomic mass is 10.1. The standard InChI is InChI=1S/C15H11FN4/c16-12-2-1-9-20-13(7-8-17)14(19-15(12)20)10-3-5-11(18)6-4-10/h1-6,9H,7,18H2. The summed E-state index contributed by atoms with van der Waals surface area (Å²) in [6.07, 6.45) is 1.86. The molecule has 3 aromatic rings. The maximum Gasteiger partial charge on any atom is 0.174 e. The highest BCUT2D eigenvalue weighted by Crippen LogP contribution is 2.26. The summed E-state index contributed by atoms with van der Waals surface area (Å²) in [6, 6.07) is 12.2. The van der Waals surface area contributed by atoms with E-state index in [0.717, 1.165) is 5.56 Å². The summed E-state index contributed by atoms with van der Waals surface area (Å²) in [5.74, 6) is -0.409. The van der Waals surface area contributed by atoms with Crippen LogP contribution in [0.4, 0.5) is 10.1 Å². The Morgan fingerprint density at radius 1 is 1.25 bits per heavy atom. The number of hydrogen-bond donors (Lipinski definition) is 1. The molecule has 98 valence electrons. The van der Waals surface area contributed by atoms with Gasteiger partial charge in [-0.3, -0.25) is 4.40 Å². The molecule has 0 atom stereocenters. The number of pyridine rings is 1. The molecule has 0 fully saturated rings. The van der Waals surface area contributed by atoms with E-state index >= 15 is 0 Å². The summed E-state index contributed by atoms with van der Waals surface area (Å²) < 4.78 is 15.4. The minimum absolute atomic E-state index is 0.157. The van der Waals surface area contributed by atoms with Gasteiger partial charge in [0, 0.05) is 17.4 Å². The van der Waals surface area contributed by atoms with Gasteiger partial charge in [0.15, 0.2) is 11.5 Å². The summed E-state index contributed by atoms with van der Waals surface area (Å²) in [4.78, 5) is 4.33. The van der Waals surface area contributed by atoms with E-state index in [1.54, 1.807) is 28.8 Å². The quantitative estimate of drug-likeness (QED) is 0.725. The summed E-state index contributed by atoms with van der Waals surface area (Å²) in [6.45, 7) is 0. The molecule has 3 rings (SSSR count). The van der Waals surface area contributed by atoms with Crippen molar-refractivity contribution in [2.24, 2.45) is 0 Å². The number of anilines is 1. The van der Waals surface area contributed by atoms with Crippen LogP contribution in [0.2, 0.25) is 0 Å². The highest BCUT2D eigenvalue weighted by atomic mass is 19.1. The molecule has 2 N–H and O–H groups in total. The van der Waals surface area contributed by atoms with Gasteiger partial charge >= 0.3 is 0 Å². The SMILES string of the molecule is N#CCc1c(-c2ccc(N)cc2)nc2c(F)cccn12. The molecule has 0 aliphatic rings. The van der Waals surface area contributed by atoms with Crippen molar-refractivity contribution in [2.75, 3.05) is 5.73 Å². The van der Waals surface area contributed by atoms with Crippen LogP contribution in [0, 0.1) is 17.1 Å². The predicted molar refractivity (Wildman–Crippen MR) is 74.3 cm³/mol. The molecule has 0 unspecified atom stereocenters. The Morgan fingerprint density at radius 2 is 2.00 bits per heavy atom. The molecule has 0 aliphatic heterocycles. The lowest BCUT2D eigenvalue weighted by molar-refractivity contribution is 0.629. The molecule has 0 aliphatic carbocycles. The number of nitrogens with two attached hydrogens (primary N) is 1. The monoisotopic (exact) mass is 266 g/mol. The third kappa shape index (κ3) is 1.88. The fourth-order valence-corrected chi connectivity index (χ4v) is 2.20. The molecule has 2 heterocycles. The molecule has 0 spiro atoms. The molecule has 0 saturated heterocycles. The third-order valence-electron chi connectivity index (χ3n) is 3.13. The summed E-state index contributed by atoms with van der Waals surface area (Å²) in [5.41, 5.74) is 8.63. The molecule has 20 heavy (non-hydrogen) atoms. The average molecular weight is 266 g/mol. The van der Waals surface area contributed by atoms with E-state index in [1.165, 1.54) is 6.07 Å². The van der Waals surface area contributed by atoms with E-state index in [2.05, 4.69) is 11.1 Å². The zero-order valence-electron chi connectivity index (χ0n) is 10.5. The molecule has 2 aromatic heterocycles. The van der Waals surface area contributed by atoms with Gasteiger partial charge in [0.25, 0.3) is 0 Å². The van der Waals surface area contributed by atoms with Gasteiger partial charge in [-0.15, -0.1) is 0 Å². The fraction of sp³-hybridized carbons (Fsp3) is 0.0667. The smallest absolute Gasteiger partial charge is 0.174 e. The maximum absolute atomic E-state index is 13.8. The largest absolute Gasteiger partial charge is 0.399 e. The van der Waals surface area contributed by atoms with Crippen LogP contribution >= 0.6 is 0 Å². The number of hydrogen-bond acceptors (Lipinski definition) is 3. The van der Waals surface area contributed by atoms with Gasteiger partial charge in [-0.25, -0.2) is 9.37 Å². The molecule has 0 radical (unpaired) electrons. The van der Waals surface area contributed by atoms with Crippen molar-refractivity contribution >= 4 is 11.3 Å². The molecular weight excluding hydrogens is 255 g/mol. The Bertz CT molecular complexity index is 812. The van der Waals surface area contributed by atoms with Gasteiger partial charge in [-0.05, 0) is 24.3 Å². The van der Waals surface area contributed by atoms with Gasteiger partial charge in [-0.1, -0.05) is 12.1 Å². The van der Waals surface area contributed by atoms with E-state index < -0.39 is 5.82 Å². The Kier molecular flexibility index (Phi) is 2.84. The van der Waals surface area contributed by atoms with Crippen LogP contribution in [0.15, 0.2) is 42.6 Å². The van der Waals surface area contributed by atoms with Gasteiger partial charge in [0.2, 0.25) is 0 Å². The highest BCUT2D eigenvalue weighted by molar-refractivity contribution is 5.68. The maximum atomic E-state index is 13.8. The van der Waals surface area contributed by atoms with Gasteiger partial charge in [0.1, 0.15) is 0 Å². The zero-order valence-corrected chi connectivity index (χ0v) is 10.5. The number of benzene rings is 1. The van der Waals surface area contributed by atoms with Crippen LogP contribution in [0.25, 0.3) is 16.9 Å². The van der Waals surface area contributed by atoms with Gasteiger partial charge in [-0.2, -0.15) is 5.26 Å². The van der Waals surface area contributed by atoms with Gasteiger partial charge in [0.05, 0.1) is 23.9 Å².